The van der Waals surface area contributed by atoms with Crippen LogP contribution in [0.4, 0.5) is 5.69 Å². The van der Waals surface area contributed by atoms with Crippen molar-refractivity contribution in [2.24, 2.45) is 0 Å². The summed E-state index contributed by atoms with van der Waals surface area (Å²) in [7, 11) is 0. The van der Waals surface area contributed by atoms with Gasteiger partial charge in [0, 0.05) is 10.9 Å². The van der Waals surface area contributed by atoms with Gasteiger partial charge in [0.1, 0.15) is 11.6 Å². The Balaban J connectivity index is 3.28. The number of hydrogen-bond acceptors (Lipinski definition) is 5. The Morgan fingerprint density at radius 1 is 1.58 bits per heavy atom. The quantitative estimate of drug-likeness (QED) is 0.358. The molecule has 0 aliphatic carbocycles. The van der Waals surface area contributed by atoms with Gasteiger partial charge in [-0.2, -0.15) is 5.26 Å². The number of halogens is 1. The summed E-state index contributed by atoms with van der Waals surface area (Å²) in [6.07, 6.45) is -0.0542. The van der Waals surface area contributed by atoms with Crippen LogP contribution in [0.1, 0.15) is 23.6 Å². The Hall–Kier alpha value is -1.94. The number of nitrogens with zero attached hydrogens (tertiary/aromatic N) is 2. The Bertz CT molecular complexity index is 551. The summed E-state index contributed by atoms with van der Waals surface area (Å²) in [5, 5.41) is 20.1. The number of carbonyl (C=O) groups is 1. The van der Waals surface area contributed by atoms with Crippen LogP contribution in [0.5, 0.6) is 0 Å². The summed E-state index contributed by atoms with van der Waals surface area (Å²) >= 11 is 3.15. The number of carbonyl (C=O) groups excluding carboxylic acids is 1. The minimum Gasteiger partial charge on any atom is -0.466 e. The number of nitro benzene ring substituents is 1. The summed E-state index contributed by atoms with van der Waals surface area (Å²) in [5.74, 6) is -0.455. The summed E-state index contributed by atoms with van der Waals surface area (Å²) < 4.78 is 4.81. The molecule has 6 nitrogen and oxygen atoms in total. The molecule has 0 saturated carbocycles. The summed E-state index contributed by atoms with van der Waals surface area (Å²) in [6, 6.07) is 4.67. The molecule has 1 rings (SSSR count). The van der Waals surface area contributed by atoms with Gasteiger partial charge in [0.15, 0.2) is 0 Å². The van der Waals surface area contributed by atoms with Crippen molar-refractivity contribution < 1.29 is 14.5 Å². The van der Waals surface area contributed by atoms with E-state index in [2.05, 4.69) is 15.9 Å². The molecule has 19 heavy (non-hydrogen) atoms. The van der Waals surface area contributed by atoms with Gasteiger partial charge in [-0.25, -0.2) is 0 Å². The summed E-state index contributed by atoms with van der Waals surface area (Å²) in [6.45, 7) is 1.94. The third kappa shape index (κ3) is 3.51. The van der Waals surface area contributed by atoms with E-state index in [-0.39, 0.29) is 29.6 Å². The van der Waals surface area contributed by atoms with E-state index >= 15 is 0 Å². The first-order valence-electron chi connectivity index (χ1n) is 5.45. The number of ether oxygens (including phenoxy) is 1. The van der Waals surface area contributed by atoms with Gasteiger partial charge >= 0.3 is 5.97 Å². The third-order valence-electron chi connectivity index (χ3n) is 2.46. The van der Waals surface area contributed by atoms with Crippen molar-refractivity contribution in [3.63, 3.8) is 0 Å². The second-order valence-electron chi connectivity index (χ2n) is 3.58. The van der Waals surface area contributed by atoms with E-state index in [0.29, 0.717) is 11.1 Å². The minimum absolute atomic E-state index is 0.0212. The Kier molecular flexibility index (Phi) is 5.45. The SMILES string of the molecule is CCOC(=O)Cc1ccc(C#N)c([N+](=O)[O-])c1CBr. The first-order chi connectivity index (χ1) is 9.04. The number of benzene rings is 1. The molecule has 1 aromatic carbocycles. The van der Waals surface area contributed by atoms with E-state index in [0.717, 1.165) is 0 Å². The van der Waals surface area contributed by atoms with E-state index in [1.807, 2.05) is 0 Å². The molecule has 0 heterocycles. The lowest BCUT2D eigenvalue weighted by Crippen LogP contribution is -2.10. The maximum Gasteiger partial charge on any atom is 0.310 e. The molecule has 1 aromatic rings. The molecule has 0 unspecified atom stereocenters. The van der Waals surface area contributed by atoms with Crippen molar-refractivity contribution in [2.45, 2.75) is 18.7 Å². The average Bonchev–Trinajstić information content (AvgIpc) is 2.38. The van der Waals surface area contributed by atoms with E-state index in [4.69, 9.17) is 10.00 Å². The second-order valence-corrected chi connectivity index (χ2v) is 4.14. The van der Waals surface area contributed by atoms with Gasteiger partial charge in [0.05, 0.1) is 18.0 Å². The molecule has 0 aliphatic heterocycles. The van der Waals surface area contributed by atoms with Crippen LogP contribution < -0.4 is 0 Å². The normalized spacial score (nSPS) is 9.74. The molecule has 0 atom stereocenters. The molecule has 0 bridgehead atoms. The van der Waals surface area contributed by atoms with Crippen LogP contribution in [0.25, 0.3) is 0 Å². The number of nitro groups is 1. The molecule has 0 N–H and O–H groups in total. The van der Waals surface area contributed by atoms with Crippen molar-refractivity contribution in [3.05, 3.63) is 38.9 Å². The van der Waals surface area contributed by atoms with Crippen LogP contribution in [0.2, 0.25) is 0 Å². The minimum atomic E-state index is -0.607. The van der Waals surface area contributed by atoms with E-state index in [9.17, 15) is 14.9 Å². The molecule has 100 valence electrons. The molecular formula is C12H11BrN2O4. The molecular weight excluding hydrogens is 316 g/mol. The van der Waals surface area contributed by atoms with Crippen molar-refractivity contribution in [2.75, 3.05) is 6.61 Å². The second kappa shape index (κ2) is 6.85. The van der Waals surface area contributed by atoms with Gasteiger partial charge in [-0.1, -0.05) is 22.0 Å². The van der Waals surface area contributed by atoms with E-state index in [1.165, 1.54) is 6.07 Å². The maximum atomic E-state index is 11.4. The van der Waals surface area contributed by atoms with Crippen LogP contribution >= 0.6 is 15.9 Å². The van der Waals surface area contributed by atoms with Gasteiger partial charge in [-0.05, 0) is 18.6 Å². The van der Waals surface area contributed by atoms with Crippen LogP contribution in [-0.4, -0.2) is 17.5 Å². The lowest BCUT2D eigenvalue weighted by molar-refractivity contribution is -0.385. The average molecular weight is 327 g/mol. The number of rotatable bonds is 5. The third-order valence-corrected chi connectivity index (χ3v) is 3.02. The predicted molar refractivity (Wildman–Crippen MR) is 70.8 cm³/mol. The molecule has 0 aliphatic rings. The van der Waals surface area contributed by atoms with Gasteiger partial charge in [0.25, 0.3) is 5.69 Å². The smallest absolute Gasteiger partial charge is 0.310 e. The lowest BCUT2D eigenvalue weighted by Gasteiger charge is -2.08. The van der Waals surface area contributed by atoms with E-state index < -0.39 is 10.9 Å². The highest BCUT2D eigenvalue weighted by Crippen LogP contribution is 2.29. The number of hydrogen-bond donors (Lipinski definition) is 0. The highest BCUT2D eigenvalue weighted by atomic mass is 79.9. The Morgan fingerprint density at radius 3 is 2.74 bits per heavy atom. The Morgan fingerprint density at radius 2 is 2.26 bits per heavy atom. The number of nitriles is 1. The van der Waals surface area contributed by atoms with Crippen molar-refractivity contribution in [1.82, 2.24) is 0 Å². The maximum absolute atomic E-state index is 11.4. The molecule has 0 amide bonds. The van der Waals surface area contributed by atoms with Crippen LogP contribution in [0.15, 0.2) is 12.1 Å². The largest absolute Gasteiger partial charge is 0.466 e. The fraction of sp³-hybridized carbons (Fsp3) is 0.333. The zero-order chi connectivity index (χ0) is 14.4. The standard InChI is InChI=1S/C12H11BrN2O4/c1-2-19-11(16)5-8-3-4-9(7-14)12(15(17)18)10(8)6-13/h3-4H,2,5-6H2,1H3. The summed E-state index contributed by atoms with van der Waals surface area (Å²) in [4.78, 5) is 21.9. The summed E-state index contributed by atoms with van der Waals surface area (Å²) in [5.41, 5.74) is 0.534. The van der Waals surface area contributed by atoms with Gasteiger partial charge in [0.2, 0.25) is 0 Å². The van der Waals surface area contributed by atoms with Crippen molar-refractivity contribution in [3.8, 4) is 6.07 Å². The van der Waals surface area contributed by atoms with Gasteiger partial charge in [-0.15, -0.1) is 0 Å². The van der Waals surface area contributed by atoms with Gasteiger partial charge < -0.3 is 4.74 Å². The highest BCUT2D eigenvalue weighted by Gasteiger charge is 2.23. The molecule has 0 saturated heterocycles. The molecule has 7 heteroatoms. The molecule has 0 radical (unpaired) electrons. The van der Waals surface area contributed by atoms with Crippen LogP contribution in [0, 0.1) is 21.4 Å². The zero-order valence-corrected chi connectivity index (χ0v) is 11.8. The fourth-order valence-electron chi connectivity index (χ4n) is 1.66. The number of alkyl halides is 1. The van der Waals surface area contributed by atoms with E-state index in [1.54, 1.807) is 19.1 Å². The van der Waals surface area contributed by atoms with Gasteiger partial charge in [-0.3, -0.25) is 14.9 Å². The van der Waals surface area contributed by atoms with Crippen molar-refractivity contribution >= 4 is 27.6 Å². The molecule has 0 aromatic heterocycles. The Labute approximate surface area is 118 Å². The predicted octanol–water partition coefficient (Wildman–Crippen LogP) is 2.47. The highest BCUT2D eigenvalue weighted by molar-refractivity contribution is 9.08. The first kappa shape index (κ1) is 15.1. The fourth-order valence-corrected chi connectivity index (χ4v) is 2.28. The van der Waals surface area contributed by atoms with Crippen molar-refractivity contribution in [1.29, 1.82) is 5.26 Å². The van der Waals surface area contributed by atoms with Crippen LogP contribution in [0.3, 0.4) is 0 Å². The topological polar surface area (TPSA) is 93.2 Å². The molecule has 0 spiro atoms. The van der Waals surface area contributed by atoms with Crippen LogP contribution in [-0.2, 0) is 21.3 Å². The lowest BCUT2D eigenvalue weighted by atomic mass is 10.0. The monoisotopic (exact) mass is 326 g/mol. The number of esters is 1. The zero-order valence-electron chi connectivity index (χ0n) is 10.2. The first-order valence-corrected chi connectivity index (χ1v) is 6.58. The molecule has 0 fully saturated rings.